The second-order valence-corrected chi connectivity index (χ2v) is 4.08. The second kappa shape index (κ2) is 4.31. The average Bonchev–Trinajstić information content (AvgIpc) is 2.79. The van der Waals surface area contributed by atoms with Gasteiger partial charge in [0, 0.05) is 18.9 Å². The van der Waals surface area contributed by atoms with E-state index in [9.17, 15) is 4.39 Å². The molecule has 0 amide bonds. The highest BCUT2D eigenvalue weighted by Crippen LogP contribution is 2.27. The summed E-state index contributed by atoms with van der Waals surface area (Å²) in [5.74, 6) is 0.467. The zero-order chi connectivity index (χ0) is 13.4. The number of aromatic nitrogens is 4. The lowest BCUT2D eigenvalue weighted by molar-refractivity contribution is 0.637. The van der Waals surface area contributed by atoms with Gasteiger partial charge in [-0.05, 0) is 19.1 Å². The van der Waals surface area contributed by atoms with Crippen LogP contribution in [0.4, 0.5) is 10.2 Å². The maximum atomic E-state index is 13.8. The molecule has 1 aromatic carbocycles. The van der Waals surface area contributed by atoms with Crippen molar-refractivity contribution < 1.29 is 4.39 Å². The highest BCUT2D eigenvalue weighted by molar-refractivity contribution is 5.82. The van der Waals surface area contributed by atoms with E-state index < -0.39 is 0 Å². The molecule has 0 aliphatic rings. The number of benzene rings is 1. The van der Waals surface area contributed by atoms with Gasteiger partial charge < -0.3 is 10.3 Å². The standard InChI is InChI=1S/C13H12FN5/c1-2-19-9-5-3-4-8(14)10(9)18-13(19)11-12(15)17-7-6-16-11/h3-7H,2H2,1H3,(H2,15,17). The van der Waals surface area contributed by atoms with Crippen LogP contribution in [0.15, 0.2) is 30.6 Å². The Morgan fingerprint density at radius 2 is 2.05 bits per heavy atom. The van der Waals surface area contributed by atoms with Crippen LogP contribution in [0.3, 0.4) is 0 Å². The van der Waals surface area contributed by atoms with Crippen LogP contribution in [0.1, 0.15) is 6.92 Å². The Bertz CT molecular complexity index is 750. The molecule has 96 valence electrons. The van der Waals surface area contributed by atoms with Gasteiger partial charge in [-0.3, -0.25) is 0 Å². The molecule has 2 heterocycles. The van der Waals surface area contributed by atoms with E-state index >= 15 is 0 Å². The minimum absolute atomic E-state index is 0.285. The molecule has 19 heavy (non-hydrogen) atoms. The van der Waals surface area contributed by atoms with Crippen molar-refractivity contribution in [3.8, 4) is 11.5 Å². The molecule has 2 aromatic heterocycles. The molecular weight excluding hydrogens is 245 g/mol. The van der Waals surface area contributed by atoms with Gasteiger partial charge in [0.2, 0.25) is 0 Å². The SMILES string of the molecule is CCn1c(-c2nccnc2N)nc2c(F)cccc21. The highest BCUT2D eigenvalue weighted by Gasteiger charge is 2.17. The molecule has 0 spiro atoms. The normalized spacial score (nSPS) is 11.1. The van der Waals surface area contributed by atoms with Gasteiger partial charge in [-0.25, -0.2) is 19.3 Å². The monoisotopic (exact) mass is 257 g/mol. The fraction of sp³-hybridized carbons (Fsp3) is 0.154. The molecule has 0 radical (unpaired) electrons. The van der Waals surface area contributed by atoms with Crippen LogP contribution in [0.25, 0.3) is 22.6 Å². The Balaban J connectivity index is 2.36. The van der Waals surface area contributed by atoms with Crippen molar-refractivity contribution in [2.45, 2.75) is 13.5 Å². The zero-order valence-electron chi connectivity index (χ0n) is 10.3. The van der Waals surface area contributed by atoms with Crippen molar-refractivity contribution >= 4 is 16.9 Å². The molecule has 0 aliphatic heterocycles. The predicted molar refractivity (Wildman–Crippen MR) is 70.8 cm³/mol. The summed E-state index contributed by atoms with van der Waals surface area (Å²) in [5.41, 5.74) is 7.34. The minimum atomic E-state index is -0.353. The van der Waals surface area contributed by atoms with E-state index in [1.165, 1.54) is 12.3 Å². The van der Waals surface area contributed by atoms with E-state index in [4.69, 9.17) is 5.73 Å². The fourth-order valence-electron chi connectivity index (χ4n) is 2.13. The molecule has 0 saturated heterocycles. The average molecular weight is 257 g/mol. The number of nitrogens with zero attached hydrogens (tertiary/aromatic N) is 4. The van der Waals surface area contributed by atoms with Crippen LogP contribution >= 0.6 is 0 Å². The lowest BCUT2D eigenvalue weighted by Crippen LogP contribution is -2.03. The third kappa shape index (κ3) is 1.72. The predicted octanol–water partition coefficient (Wildman–Crippen LogP) is 2.23. The number of aryl methyl sites for hydroxylation is 1. The van der Waals surface area contributed by atoms with Crippen molar-refractivity contribution in [3.05, 3.63) is 36.4 Å². The Hall–Kier alpha value is -2.50. The Morgan fingerprint density at radius 1 is 1.26 bits per heavy atom. The quantitative estimate of drug-likeness (QED) is 0.764. The first-order chi connectivity index (χ1) is 9.22. The highest BCUT2D eigenvalue weighted by atomic mass is 19.1. The number of nitrogen functional groups attached to an aromatic ring is 1. The van der Waals surface area contributed by atoms with Crippen molar-refractivity contribution in [2.75, 3.05) is 5.73 Å². The maximum Gasteiger partial charge on any atom is 0.163 e. The van der Waals surface area contributed by atoms with Gasteiger partial charge in [-0.2, -0.15) is 0 Å². The zero-order valence-corrected chi connectivity index (χ0v) is 10.3. The fourth-order valence-corrected chi connectivity index (χ4v) is 2.13. The van der Waals surface area contributed by atoms with E-state index in [1.807, 2.05) is 17.6 Å². The Kier molecular flexibility index (Phi) is 2.63. The number of hydrogen-bond acceptors (Lipinski definition) is 4. The number of para-hydroxylation sites is 1. The summed E-state index contributed by atoms with van der Waals surface area (Å²) in [5, 5.41) is 0. The number of nitrogens with two attached hydrogens (primary N) is 1. The molecule has 3 rings (SSSR count). The number of rotatable bonds is 2. The van der Waals surface area contributed by atoms with Crippen molar-refractivity contribution in [1.82, 2.24) is 19.5 Å². The van der Waals surface area contributed by atoms with Crippen LogP contribution in [-0.2, 0) is 6.54 Å². The molecule has 0 saturated carbocycles. The first-order valence-corrected chi connectivity index (χ1v) is 5.94. The van der Waals surface area contributed by atoms with Crippen LogP contribution in [0, 0.1) is 5.82 Å². The molecule has 6 heteroatoms. The topological polar surface area (TPSA) is 69.6 Å². The van der Waals surface area contributed by atoms with Crippen LogP contribution in [-0.4, -0.2) is 19.5 Å². The number of anilines is 1. The van der Waals surface area contributed by atoms with Crippen LogP contribution in [0.5, 0.6) is 0 Å². The third-order valence-corrected chi connectivity index (χ3v) is 2.98. The molecule has 0 unspecified atom stereocenters. The molecule has 5 nitrogen and oxygen atoms in total. The van der Waals surface area contributed by atoms with Crippen molar-refractivity contribution in [3.63, 3.8) is 0 Å². The summed E-state index contributed by atoms with van der Waals surface area (Å²) in [6.45, 7) is 2.60. The lowest BCUT2D eigenvalue weighted by Gasteiger charge is -2.06. The largest absolute Gasteiger partial charge is 0.382 e. The van der Waals surface area contributed by atoms with E-state index in [1.54, 1.807) is 12.3 Å². The molecule has 0 fully saturated rings. The number of fused-ring (bicyclic) bond motifs is 1. The van der Waals surface area contributed by atoms with Gasteiger partial charge in [0.25, 0.3) is 0 Å². The Labute approximate surface area is 108 Å². The van der Waals surface area contributed by atoms with Gasteiger partial charge in [0.1, 0.15) is 11.2 Å². The second-order valence-electron chi connectivity index (χ2n) is 4.08. The summed E-state index contributed by atoms with van der Waals surface area (Å²) in [4.78, 5) is 12.5. The molecule has 0 atom stereocenters. The lowest BCUT2D eigenvalue weighted by atomic mass is 10.3. The minimum Gasteiger partial charge on any atom is -0.382 e. The van der Waals surface area contributed by atoms with Crippen LogP contribution in [0.2, 0.25) is 0 Å². The summed E-state index contributed by atoms with van der Waals surface area (Å²) in [6, 6.07) is 4.87. The van der Waals surface area contributed by atoms with Crippen molar-refractivity contribution in [1.29, 1.82) is 0 Å². The first-order valence-electron chi connectivity index (χ1n) is 5.94. The van der Waals surface area contributed by atoms with E-state index in [2.05, 4.69) is 15.0 Å². The number of hydrogen-bond donors (Lipinski definition) is 1. The van der Waals surface area contributed by atoms with Crippen molar-refractivity contribution in [2.24, 2.45) is 0 Å². The summed E-state index contributed by atoms with van der Waals surface area (Å²) in [6.07, 6.45) is 3.06. The number of halogens is 1. The van der Waals surface area contributed by atoms with Gasteiger partial charge in [-0.15, -0.1) is 0 Å². The maximum absolute atomic E-state index is 13.8. The summed E-state index contributed by atoms with van der Waals surface area (Å²) >= 11 is 0. The summed E-state index contributed by atoms with van der Waals surface area (Å²) in [7, 11) is 0. The molecular formula is C13H12FN5. The van der Waals surface area contributed by atoms with E-state index in [-0.39, 0.29) is 11.6 Å². The first kappa shape index (κ1) is 11.6. The van der Waals surface area contributed by atoms with E-state index in [0.717, 1.165) is 5.52 Å². The molecule has 0 aliphatic carbocycles. The van der Waals surface area contributed by atoms with Gasteiger partial charge in [-0.1, -0.05) is 6.07 Å². The molecule has 2 N–H and O–H groups in total. The summed E-state index contributed by atoms with van der Waals surface area (Å²) < 4.78 is 15.7. The van der Waals surface area contributed by atoms with Gasteiger partial charge in [0.15, 0.2) is 17.5 Å². The molecule has 3 aromatic rings. The third-order valence-electron chi connectivity index (χ3n) is 2.98. The smallest absolute Gasteiger partial charge is 0.163 e. The van der Waals surface area contributed by atoms with E-state index in [0.29, 0.717) is 23.6 Å². The number of imidazole rings is 1. The van der Waals surface area contributed by atoms with Crippen LogP contribution < -0.4 is 5.73 Å². The van der Waals surface area contributed by atoms with Gasteiger partial charge in [0.05, 0.1) is 5.52 Å². The van der Waals surface area contributed by atoms with Gasteiger partial charge >= 0.3 is 0 Å². The Morgan fingerprint density at radius 3 is 2.79 bits per heavy atom. The molecule has 0 bridgehead atoms.